The minimum atomic E-state index is 0. The van der Waals surface area contributed by atoms with Crippen LogP contribution in [0, 0.1) is 0 Å². The zero-order valence-corrected chi connectivity index (χ0v) is 19.7. The number of aromatic nitrogens is 1. The van der Waals surface area contributed by atoms with Gasteiger partial charge in [-0.05, 0) is 23.6 Å². The predicted molar refractivity (Wildman–Crippen MR) is 134 cm³/mol. The molecule has 1 aliphatic rings. The molecule has 1 N–H and O–H groups in total. The highest BCUT2D eigenvalue weighted by Gasteiger charge is 2.21. The van der Waals surface area contributed by atoms with E-state index < -0.39 is 0 Å². The van der Waals surface area contributed by atoms with Gasteiger partial charge in [0.1, 0.15) is 5.75 Å². The second kappa shape index (κ2) is 10.5. The summed E-state index contributed by atoms with van der Waals surface area (Å²) in [5.74, 6) is 1.84. The molecule has 0 aliphatic carbocycles. The highest BCUT2D eigenvalue weighted by molar-refractivity contribution is 14.0. The maximum Gasteiger partial charge on any atom is 0.194 e. The van der Waals surface area contributed by atoms with E-state index in [1.807, 2.05) is 31.4 Å². The Balaban J connectivity index is 0.00000256. The number of rotatable bonds is 4. The summed E-state index contributed by atoms with van der Waals surface area (Å²) < 4.78 is 5.52. The third kappa shape index (κ3) is 4.77. The van der Waals surface area contributed by atoms with Crippen LogP contribution in [0.3, 0.4) is 0 Å². The number of methoxy groups -OCH3 is 1. The third-order valence-electron chi connectivity index (χ3n) is 5.39. The summed E-state index contributed by atoms with van der Waals surface area (Å²) in [5.41, 5.74) is 2.19. The van der Waals surface area contributed by atoms with Gasteiger partial charge in [-0.1, -0.05) is 36.4 Å². The van der Waals surface area contributed by atoms with Crippen LogP contribution in [-0.4, -0.2) is 56.2 Å². The number of benzene rings is 2. The summed E-state index contributed by atoms with van der Waals surface area (Å²) >= 11 is 0. The van der Waals surface area contributed by atoms with Crippen LogP contribution in [0.25, 0.3) is 10.8 Å². The summed E-state index contributed by atoms with van der Waals surface area (Å²) in [6.07, 6.45) is 1.87. The van der Waals surface area contributed by atoms with Crippen molar-refractivity contribution in [1.82, 2.24) is 15.2 Å². The first-order chi connectivity index (χ1) is 14.3. The summed E-state index contributed by atoms with van der Waals surface area (Å²) in [6.45, 7) is 4.31. The molecule has 1 aromatic heterocycles. The highest BCUT2D eigenvalue weighted by atomic mass is 127. The Morgan fingerprint density at radius 3 is 2.53 bits per heavy atom. The minimum Gasteiger partial charge on any atom is -0.495 e. The van der Waals surface area contributed by atoms with Gasteiger partial charge >= 0.3 is 0 Å². The number of halogens is 1. The smallest absolute Gasteiger partial charge is 0.194 e. The van der Waals surface area contributed by atoms with Gasteiger partial charge in [-0.3, -0.25) is 9.98 Å². The lowest BCUT2D eigenvalue weighted by atomic mass is 10.1. The summed E-state index contributed by atoms with van der Waals surface area (Å²) in [4.78, 5) is 13.7. The number of hydrogen-bond donors (Lipinski definition) is 1. The third-order valence-corrected chi connectivity index (χ3v) is 5.39. The zero-order chi connectivity index (χ0) is 20.1. The normalized spacial score (nSPS) is 14.4. The SMILES string of the molecule is CN=C(NCc1nccc2ccccc12)N1CCN(c2ccccc2OC)CC1.I. The number of fused-ring (bicyclic) bond motifs is 1. The van der Waals surface area contributed by atoms with Crippen LogP contribution in [0.1, 0.15) is 5.69 Å². The average Bonchev–Trinajstić information content (AvgIpc) is 2.80. The molecule has 1 aliphatic heterocycles. The molecule has 0 amide bonds. The van der Waals surface area contributed by atoms with Crippen LogP contribution in [0.2, 0.25) is 0 Å². The van der Waals surface area contributed by atoms with Crippen molar-refractivity contribution in [2.75, 3.05) is 45.2 Å². The van der Waals surface area contributed by atoms with E-state index >= 15 is 0 Å². The molecule has 0 atom stereocenters. The molecule has 0 bridgehead atoms. The Morgan fingerprint density at radius 2 is 1.77 bits per heavy atom. The van der Waals surface area contributed by atoms with E-state index in [-0.39, 0.29) is 24.0 Å². The van der Waals surface area contributed by atoms with E-state index in [0.717, 1.165) is 49.3 Å². The average molecular weight is 517 g/mol. The number of para-hydroxylation sites is 2. The van der Waals surface area contributed by atoms with E-state index in [1.54, 1.807) is 7.11 Å². The number of ether oxygens (including phenoxy) is 1. The molecule has 6 nitrogen and oxygen atoms in total. The van der Waals surface area contributed by atoms with Crippen LogP contribution < -0.4 is 15.0 Å². The quantitative estimate of drug-likeness (QED) is 0.325. The first-order valence-electron chi connectivity index (χ1n) is 9.96. The summed E-state index contributed by atoms with van der Waals surface area (Å²) in [5, 5.41) is 5.88. The van der Waals surface area contributed by atoms with Crippen molar-refractivity contribution in [1.29, 1.82) is 0 Å². The summed E-state index contributed by atoms with van der Waals surface area (Å²) in [7, 11) is 3.56. The van der Waals surface area contributed by atoms with Crippen LogP contribution in [0.15, 0.2) is 65.8 Å². The number of pyridine rings is 1. The highest BCUT2D eigenvalue weighted by Crippen LogP contribution is 2.28. The van der Waals surface area contributed by atoms with Crippen LogP contribution in [0.4, 0.5) is 5.69 Å². The molecule has 7 heteroatoms. The van der Waals surface area contributed by atoms with Gasteiger partial charge in [0, 0.05) is 44.8 Å². The molecule has 2 aromatic carbocycles. The molecule has 0 saturated carbocycles. The molecule has 0 unspecified atom stereocenters. The van der Waals surface area contributed by atoms with E-state index in [4.69, 9.17) is 4.74 Å². The van der Waals surface area contributed by atoms with Gasteiger partial charge in [-0.2, -0.15) is 0 Å². The Hall–Kier alpha value is -2.55. The Labute approximate surface area is 195 Å². The fourth-order valence-corrected chi connectivity index (χ4v) is 3.87. The molecule has 0 spiro atoms. The lowest BCUT2D eigenvalue weighted by Crippen LogP contribution is -2.52. The van der Waals surface area contributed by atoms with E-state index in [0.29, 0.717) is 6.54 Å². The first-order valence-corrected chi connectivity index (χ1v) is 9.96. The van der Waals surface area contributed by atoms with E-state index in [1.165, 1.54) is 10.8 Å². The molecular weight excluding hydrogens is 489 g/mol. The van der Waals surface area contributed by atoms with Crippen molar-refractivity contribution < 1.29 is 4.74 Å². The number of guanidine groups is 1. The molecule has 2 heterocycles. The number of hydrogen-bond acceptors (Lipinski definition) is 4. The van der Waals surface area contributed by atoms with Gasteiger partial charge < -0.3 is 19.9 Å². The van der Waals surface area contributed by atoms with E-state index in [9.17, 15) is 0 Å². The van der Waals surface area contributed by atoms with Gasteiger partial charge in [-0.25, -0.2) is 0 Å². The zero-order valence-electron chi connectivity index (χ0n) is 17.4. The number of nitrogens with one attached hydrogen (secondary N) is 1. The van der Waals surface area contributed by atoms with Crippen molar-refractivity contribution in [2.45, 2.75) is 6.54 Å². The summed E-state index contributed by atoms with van der Waals surface area (Å²) in [6, 6.07) is 18.6. The molecule has 4 rings (SSSR count). The van der Waals surface area contributed by atoms with E-state index in [2.05, 4.69) is 61.5 Å². The minimum absolute atomic E-state index is 0. The van der Waals surface area contributed by atoms with Crippen molar-refractivity contribution in [3.63, 3.8) is 0 Å². The van der Waals surface area contributed by atoms with Crippen molar-refractivity contribution >= 4 is 46.4 Å². The van der Waals surface area contributed by atoms with Gasteiger partial charge in [-0.15, -0.1) is 24.0 Å². The van der Waals surface area contributed by atoms with Crippen molar-refractivity contribution in [2.24, 2.45) is 4.99 Å². The Bertz CT molecular complexity index is 996. The molecule has 158 valence electrons. The molecule has 3 aromatic rings. The standard InChI is InChI=1S/C23H27N5O.HI/c1-24-23(26-17-20-19-8-4-3-7-18(19)11-12-25-20)28-15-13-27(14-16-28)21-9-5-6-10-22(21)29-2;/h3-12H,13-17H2,1-2H3,(H,24,26);1H. The Kier molecular flexibility index (Phi) is 7.73. The maximum atomic E-state index is 5.52. The second-order valence-corrected chi connectivity index (χ2v) is 7.03. The molecular formula is C23H28IN5O. The molecule has 1 fully saturated rings. The fourth-order valence-electron chi connectivity index (χ4n) is 3.87. The first kappa shape index (κ1) is 22.1. The van der Waals surface area contributed by atoms with Crippen LogP contribution >= 0.6 is 24.0 Å². The van der Waals surface area contributed by atoms with Crippen molar-refractivity contribution in [3.05, 3.63) is 66.5 Å². The van der Waals surface area contributed by atoms with Gasteiger partial charge in [0.15, 0.2) is 5.96 Å². The molecule has 30 heavy (non-hydrogen) atoms. The lowest BCUT2D eigenvalue weighted by molar-refractivity contribution is 0.367. The monoisotopic (exact) mass is 517 g/mol. The van der Waals surface area contributed by atoms with Crippen LogP contribution in [0.5, 0.6) is 5.75 Å². The molecule has 1 saturated heterocycles. The van der Waals surface area contributed by atoms with Gasteiger partial charge in [0.2, 0.25) is 0 Å². The number of anilines is 1. The number of piperazine rings is 1. The predicted octanol–water partition coefficient (Wildman–Crippen LogP) is 3.76. The molecule has 0 radical (unpaired) electrons. The lowest BCUT2D eigenvalue weighted by Gasteiger charge is -2.38. The van der Waals surface area contributed by atoms with Gasteiger partial charge in [0.05, 0.1) is 25.0 Å². The second-order valence-electron chi connectivity index (χ2n) is 7.03. The number of nitrogens with zero attached hydrogens (tertiary/aromatic N) is 4. The Morgan fingerprint density at radius 1 is 1.03 bits per heavy atom. The van der Waals surface area contributed by atoms with Crippen molar-refractivity contribution in [3.8, 4) is 5.75 Å². The topological polar surface area (TPSA) is 53.0 Å². The largest absolute Gasteiger partial charge is 0.495 e. The fraction of sp³-hybridized carbons (Fsp3) is 0.304. The number of aliphatic imine (C=N–C) groups is 1. The van der Waals surface area contributed by atoms with Gasteiger partial charge in [0.25, 0.3) is 0 Å². The maximum absolute atomic E-state index is 5.52. The van der Waals surface area contributed by atoms with Crippen LogP contribution in [-0.2, 0) is 6.54 Å².